The molecule has 0 heterocycles. The summed E-state index contributed by atoms with van der Waals surface area (Å²) < 4.78 is 0. The summed E-state index contributed by atoms with van der Waals surface area (Å²) in [5, 5.41) is 7.58. The van der Waals surface area contributed by atoms with Crippen LogP contribution < -0.4 is 0 Å². The molecule has 0 aromatic rings. The Morgan fingerprint density at radius 3 is 2.56 bits per heavy atom. The predicted octanol–water partition coefficient (Wildman–Crippen LogP) is 2.22. The van der Waals surface area contributed by atoms with E-state index in [1.807, 2.05) is 0 Å². The summed E-state index contributed by atoms with van der Waals surface area (Å²) in [6.45, 7) is 0. The van der Waals surface area contributed by atoms with E-state index in [1.54, 1.807) is 0 Å². The van der Waals surface area contributed by atoms with Crippen molar-refractivity contribution in [2.75, 3.05) is 0 Å². The van der Waals surface area contributed by atoms with Crippen molar-refractivity contribution in [3.05, 3.63) is 0 Å². The molecule has 0 bridgehead atoms. The first-order valence-corrected chi connectivity index (χ1v) is 3.95. The molecule has 0 aromatic heterocycles. The molecule has 1 heteroatoms. The Hall–Kier alpha value is -0.330. The monoisotopic (exact) mass is 123 g/mol. The third kappa shape index (κ3) is 0.707. The second kappa shape index (κ2) is 1.83. The van der Waals surface area contributed by atoms with Crippen molar-refractivity contribution in [3.63, 3.8) is 0 Å². The second-order valence-electron chi connectivity index (χ2n) is 3.36. The average molecular weight is 123 g/mol. The highest BCUT2D eigenvalue weighted by atomic mass is 14.5. The zero-order chi connectivity index (χ0) is 6.27. The van der Waals surface area contributed by atoms with Gasteiger partial charge in [-0.15, -0.1) is 0 Å². The molecule has 0 amide bonds. The van der Waals surface area contributed by atoms with Crippen LogP contribution in [0.5, 0.6) is 0 Å². The first-order valence-electron chi connectivity index (χ1n) is 3.95. The fraction of sp³-hybridized carbons (Fsp3) is 0.875. The van der Waals surface area contributed by atoms with Crippen LogP contribution in [0.25, 0.3) is 0 Å². The van der Waals surface area contributed by atoms with Crippen molar-refractivity contribution in [3.8, 4) is 0 Å². The molecular weight excluding hydrogens is 110 g/mol. The van der Waals surface area contributed by atoms with Gasteiger partial charge in [0.1, 0.15) is 0 Å². The van der Waals surface area contributed by atoms with Crippen LogP contribution in [0.1, 0.15) is 32.1 Å². The molecule has 0 aromatic carbocycles. The van der Waals surface area contributed by atoms with Crippen molar-refractivity contribution < 1.29 is 0 Å². The highest BCUT2D eigenvalue weighted by molar-refractivity contribution is 5.85. The van der Waals surface area contributed by atoms with Crippen LogP contribution in [0.4, 0.5) is 0 Å². The van der Waals surface area contributed by atoms with Gasteiger partial charge in [-0.3, -0.25) is 0 Å². The van der Waals surface area contributed by atoms with Gasteiger partial charge in [0.25, 0.3) is 0 Å². The van der Waals surface area contributed by atoms with Crippen molar-refractivity contribution >= 4 is 5.71 Å². The summed E-state index contributed by atoms with van der Waals surface area (Å²) in [5.41, 5.74) is 1.05. The van der Waals surface area contributed by atoms with Crippen molar-refractivity contribution in [1.29, 1.82) is 5.41 Å². The van der Waals surface area contributed by atoms with Crippen molar-refractivity contribution in [1.82, 2.24) is 0 Å². The van der Waals surface area contributed by atoms with E-state index >= 15 is 0 Å². The first kappa shape index (κ1) is 5.45. The Morgan fingerprint density at radius 2 is 2.11 bits per heavy atom. The minimum atomic E-state index is 0.735. The SMILES string of the molecule is N=C1CCCC2CCC12. The van der Waals surface area contributed by atoms with Crippen LogP contribution in [-0.2, 0) is 0 Å². The molecule has 2 atom stereocenters. The molecule has 0 radical (unpaired) electrons. The summed E-state index contributed by atoms with van der Waals surface area (Å²) in [6, 6.07) is 0. The van der Waals surface area contributed by atoms with Gasteiger partial charge >= 0.3 is 0 Å². The fourth-order valence-corrected chi connectivity index (χ4v) is 2.11. The van der Waals surface area contributed by atoms with Gasteiger partial charge < -0.3 is 5.41 Å². The van der Waals surface area contributed by atoms with Crippen LogP contribution >= 0.6 is 0 Å². The maximum Gasteiger partial charge on any atom is 0.0123 e. The maximum absolute atomic E-state index is 7.58. The highest BCUT2D eigenvalue weighted by Gasteiger charge is 2.35. The lowest BCUT2D eigenvalue weighted by Crippen LogP contribution is -2.35. The molecule has 0 spiro atoms. The minimum Gasteiger partial charge on any atom is -0.309 e. The predicted molar refractivity (Wildman–Crippen MR) is 37.8 cm³/mol. The third-order valence-corrected chi connectivity index (χ3v) is 2.89. The number of rotatable bonds is 0. The Balaban J connectivity index is 2.06. The quantitative estimate of drug-likeness (QED) is 0.510. The van der Waals surface area contributed by atoms with Crippen LogP contribution in [0, 0.1) is 17.2 Å². The number of fused-ring (bicyclic) bond motifs is 1. The molecule has 2 fully saturated rings. The molecule has 2 aliphatic rings. The van der Waals surface area contributed by atoms with Crippen molar-refractivity contribution in [2.45, 2.75) is 32.1 Å². The fourth-order valence-electron chi connectivity index (χ4n) is 2.11. The summed E-state index contributed by atoms with van der Waals surface area (Å²) >= 11 is 0. The minimum absolute atomic E-state index is 0.735. The van der Waals surface area contributed by atoms with Crippen molar-refractivity contribution in [2.24, 2.45) is 11.8 Å². The summed E-state index contributed by atoms with van der Waals surface area (Å²) in [5.74, 6) is 1.67. The molecule has 0 saturated heterocycles. The molecule has 2 unspecified atom stereocenters. The summed E-state index contributed by atoms with van der Waals surface area (Å²) in [7, 11) is 0. The van der Waals surface area contributed by atoms with E-state index in [2.05, 4.69) is 0 Å². The van der Waals surface area contributed by atoms with Crippen LogP contribution in [0.2, 0.25) is 0 Å². The lowest BCUT2D eigenvalue weighted by Gasteiger charge is -2.40. The van der Waals surface area contributed by atoms with E-state index in [-0.39, 0.29) is 0 Å². The van der Waals surface area contributed by atoms with E-state index in [4.69, 9.17) is 5.41 Å². The molecule has 2 rings (SSSR count). The van der Waals surface area contributed by atoms with Crippen LogP contribution in [0.3, 0.4) is 0 Å². The van der Waals surface area contributed by atoms with E-state index in [1.165, 1.54) is 25.7 Å². The Labute approximate surface area is 56.0 Å². The molecule has 1 nitrogen and oxygen atoms in total. The zero-order valence-electron chi connectivity index (χ0n) is 5.69. The molecular formula is C8H13N. The highest BCUT2D eigenvalue weighted by Crippen LogP contribution is 2.42. The normalized spacial score (nSPS) is 41.6. The van der Waals surface area contributed by atoms with E-state index in [9.17, 15) is 0 Å². The lowest BCUT2D eigenvalue weighted by atomic mass is 9.65. The van der Waals surface area contributed by atoms with Crippen LogP contribution in [0.15, 0.2) is 0 Å². The van der Waals surface area contributed by atoms with Gasteiger partial charge in [0.2, 0.25) is 0 Å². The van der Waals surface area contributed by atoms with Gasteiger partial charge in [0, 0.05) is 5.71 Å². The van der Waals surface area contributed by atoms with E-state index in [0.717, 1.165) is 24.0 Å². The van der Waals surface area contributed by atoms with Gasteiger partial charge in [0.05, 0.1) is 0 Å². The van der Waals surface area contributed by atoms with E-state index < -0.39 is 0 Å². The number of hydrogen-bond acceptors (Lipinski definition) is 1. The van der Waals surface area contributed by atoms with Gasteiger partial charge in [0.15, 0.2) is 0 Å². The average Bonchev–Trinajstić information content (AvgIpc) is 1.74. The Bertz CT molecular complexity index is 140. The third-order valence-electron chi connectivity index (χ3n) is 2.89. The summed E-state index contributed by atoms with van der Waals surface area (Å²) in [4.78, 5) is 0. The van der Waals surface area contributed by atoms with Gasteiger partial charge in [-0.05, 0) is 43.9 Å². The van der Waals surface area contributed by atoms with E-state index in [0.29, 0.717) is 0 Å². The largest absolute Gasteiger partial charge is 0.309 e. The molecule has 2 saturated carbocycles. The first-order chi connectivity index (χ1) is 4.38. The second-order valence-corrected chi connectivity index (χ2v) is 3.36. The van der Waals surface area contributed by atoms with Gasteiger partial charge in [-0.25, -0.2) is 0 Å². The Morgan fingerprint density at radius 1 is 1.22 bits per heavy atom. The Kier molecular flexibility index (Phi) is 1.11. The number of hydrogen-bond donors (Lipinski definition) is 1. The van der Waals surface area contributed by atoms with Gasteiger partial charge in [-0.1, -0.05) is 0 Å². The number of nitrogens with one attached hydrogen (secondary N) is 1. The smallest absolute Gasteiger partial charge is 0.0123 e. The molecule has 9 heavy (non-hydrogen) atoms. The maximum atomic E-state index is 7.58. The molecule has 1 N–H and O–H groups in total. The molecule has 50 valence electrons. The standard InChI is InChI=1S/C8H13N/c9-8-3-1-2-6-4-5-7(6)8/h6-7,9H,1-5H2. The molecule has 2 aliphatic carbocycles. The topological polar surface area (TPSA) is 23.9 Å². The lowest BCUT2D eigenvalue weighted by molar-refractivity contribution is 0.206. The zero-order valence-corrected chi connectivity index (χ0v) is 5.69. The molecule has 0 aliphatic heterocycles. The van der Waals surface area contributed by atoms with Gasteiger partial charge in [-0.2, -0.15) is 0 Å². The summed E-state index contributed by atoms with van der Waals surface area (Å²) in [6.07, 6.45) is 6.53. The van der Waals surface area contributed by atoms with Crippen LogP contribution in [-0.4, -0.2) is 5.71 Å².